The Morgan fingerprint density at radius 2 is 1.41 bits per heavy atom. The molecule has 0 spiro atoms. The SMILES string of the molecule is CCCCN1CCN(c2ccc(C(=O)NCCCCCCCCCCCCCCCOS(C)(=O)=O)cn2)CC1. The number of nitrogens with one attached hydrogen (secondary N) is 1. The number of hydrogen-bond donors (Lipinski definition) is 1. The van der Waals surface area contributed by atoms with Crippen molar-refractivity contribution in [1.29, 1.82) is 0 Å². The summed E-state index contributed by atoms with van der Waals surface area (Å²) in [6.45, 7) is 8.62. The maximum atomic E-state index is 12.5. The molecule has 2 rings (SSSR count). The fraction of sp³-hybridized carbons (Fsp3) is 0.800. The summed E-state index contributed by atoms with van der Waals surface area (Å²) in [6.07, 6.45) is 20.7. The Morgan fingerprint density at radius 3 is 1.92 bits per heavy atom. The molecule has 1 saturated heterocycles. The van der Waals surface area contributed by atoms with Crippen molar-refractivity contribution in [2.24, 2.45) is 0 Å². The first-order valence-electron chi connectivity index (χ1n) is 15.4. The highest BCUT2D eigenvalue weighted by Crippen LogP contribution is 2.15. The maximum Gasteiger partial charge on any atom is 0.264 e. The lowest BCUT2D eigenvalue weighted by molar-refractivity contribution is 0.0952. The maximum absolute atomic E-state index is 12.5. The zero-order valence-corrected chi connectivity index (χ0v) is 25.5. The van der Waals surface area contributed by atoms with Gasteiger partial charge in [0.15, 0.2) is 0 Å². The zero-order valence-electron chi connectivity index (χ0n) is 24.7. The molecule has 2 heterocycles. The third-order valence-electron chi connectivity index (χ3n) is 7.44. The predicted molar refractivity (Wildman–Crippen MR) is 161 cm³/mol. The molecule has 224 valence electrons. The van der Waals surface area contributed by atoms with Gasteiger partial charge in [-0.05, 0) is 37.9 Å². The average Bonchev–Trinajstić information content (AvgIpc) is 2.93. The highest BCUT2D eigenvalue weighted by molar-refractivity contribution is 7.85. The number of aromatic nitrogens is 1. The Balaban J connectivity index is 1.39. The van der Waals surface area contributed by atoms with Crippen LogP contribution in [0, 0.1) is 0 Å². The van der Waals surface area contributed by atoms with Gasteiger partial charge in [-0.25, -0.2) is 4.98 Å². The number of piperazine rings is 1. The van der Waals surface area contributed by atoms with Gasteiger partial charge in [-0.3, -0.25) is 13.9 Å². The number of pyridine rings is 1. The van der Waals surface area contributed by atoms with E-state index in [4.69, 9.17) is 4.18 Å². The molecule has 1 aromatic rings. The van der Waals surface area contributed by atoms with Crippen LogP contribution in [0.2, 0.25) is 0 Å². The van der Waals surface area contributed by atoms with Crippen LogP contribution >= 0.6 is 0 Å². The number of carbonyl (C=O) groups is 1. The summed E-state index contributed by atoms with van der Waals surface area (Å²) in [6, 6.07) is 3.88. The molecule has 1 N–H and O–H groups in total. The Morgan fingerprint density at radius 1 is 0.846 bits per heavy atom. The molecule has 8 nitrogen and oxygen atoms in total. The van der Waals surface area contributed by atoms with Crippen LogP contribution in [0.4, 0.5) is 5.82 Å². The molecule has 1 aliphatic heterocycles. The first kappa shape index (κ1) is 33.5. The Bertz CT molecular complexity index is 871. The van der Waals surface area contributed by atoms with E-state index < -0.39 is 10.1 Å². The van der Waals surface area contributed by atoms with Gasteiger partial charge in [-0.2, -0.15) is 8.42 Å². The van der Waals surface area contributed by atoms with Gasteiger partial charge in [0.1, 0.15) is 5.82 Å². The van der Waals surface area contributed by atoms with Crippen molar-refractivity contribution in [3.05, 3.63) is 23.9 Å². The molecule has 0 atom stereocenters. The Labute approximate surface area is 238 Å². The van der Waals surface area contributed by atoms with Crippen LogP contribution in [0.3, 0.4) is 0 Å². The fourth-order valence-corrected chi connectivity index (χ4v) is 5.40. The molecule has 9 heteroatoms. The van der Waals surface area contributed by atoms with Crippen LogP contribution in [0.1, 0.15) is 114 Å². The van der Waals surface area contributed by atoms with Gasteiger partial charge in [0.05, 0.1) is 18.4 Å². The second kappa shape index (κ2) is 20.2. The molecule has 0 unspecified atom stereocenters. The number of rotatable bonds is 22. The largest absolute Gasteiger partial charge is 0.354 e. The van der Waals surface area contributed by atoms with Crippen molar-refractivity contribution >= 4 is 21.8 Å². The fourth-order valence-electron chi connectivity index (χ4n) is 4.98. The van der Waals surface area contributed by atoms with Crippen LogP contribution < -0.4 is 10.2 Å². The zero-order chi connectivity index (χ0) is 28.2. The van der Waals surface area contributed by atoms with E-state index in [1.54, 1.807) is 6.20 Å². The van der Waals surface area contributed by atoms with E-state index in [1.165, 1.54) is 70.8 Å². The van der Waals surface area contributed by atoms with E-state index in [0.29, 0.717) is 12.2 Å². The molecule has 0 aliphatic carbocycles. The van der Waals surface area contributed by atoms with Gasteiger partial charge in [-0.1, -0.05) is 84.0 Å². The standard InChI is InChI=1S/C30H54N4O4S/c1-3-4-21-33-22-24-34(25-23-33)29-19-18-28(27-32-29)30(35)31-20-16-14-12-10-8-6-5-7-9-11-13-15-17-26-38-39(2,36)37/h18-19,27H,3-17,20-26H2,1-2H3,(H,31,35). The molecule has 1 amide bonds. The normalized spacial score (nSPS) is 14.6. The van der Waals surface area contributed by atoms with Crippen LogP contribution in [0.15, 0.2) is 18.3 Å². The summed E-state index contributed by atoms with van der Waals surface area (Å²) in [5.74, 6) is 0.942. The third-order valence-corrected chi connectivity index (χ3v) is 8.03. The average molecular weight is 567 g/mol. The molecule has 0 saturated carbocycles. The van der Waals surface area contributed by atoms with Gasteiger partial charge in [-0.15, -0.1) is 0 Å². The minimum absolute atomic E-state index is 0.0272. The van der Waals surface area contributed by atoms with Gasteiger partial charge in [0, 0.05) is 38.9 Å². The van der Waals surface area contributed by atoms with Crippen LogP contribution in [0.25, 0.3) is 0 Å². The number of anilines is 1. The van der Waals surface area contributed by atoms with E-state index in [-0.39, 0.29) is 5.91 Å². The van der Waals surface area contributed by atoms with Crippen molar-refractivity contribution in [2.45, 2.75) is 103 Å². The number of unbranched alkanes of at least 4 members (excludes halogenated alkanes) is 13. The smallest absolute Gasteiger partial charge is 0.264 e. The van der Waals surface area contributed by atoms with E-state index in [1.807, 2.05) is 12.1 Å². The van der Waals surface area contributed by atoms with Gasteiger partial charge >= 0.3 is 0 Å². The monoisotopic (exact) mass is 566 g/mol. The minimum atomic E-state index is -3.29. The number of hydrogen-bond acceptors (Lipinski definition) is 7. The minimum Gasteiger partial charge on any atom is -0.354 e. The first-order chi connectivity index (χ1) is 18.9. The summed E-state index contributed by atoms with van der Waals surface area (Å²) in [7, 11) is -3.29. The lowest BCUT2D eigenvalue weighted by atomic mass is 10.0. The quantitative estimate of drug-likeness (QED) is 0.140. The summed E-state index contributed by atoms with van der Waals surface area (Å²) >= 11 is 0. The highest BCUT2D eigenvalue weighted by Gasteiger charge is 2.18. The first-order valence-corrected chi connectivity index (χ1v) is 17.3. The number of amides is 1. The molecule has 0 radical (unpaired) electrons. The Hall–Kier alpha value is -1.71. The van der Waals surface area contributed by atoms with Crippen LogP contribution in [-0.4, -0.2) is 76.3 Å². The molecule has 0 aromatic carbocycles. The molecule has 1 fully saturated rings. The molecular formula is C30H54N4O4S. The molecular weight excluding hydrogens is 512 g/mol. The predicted octanol–water partition coefficient (Wildman–Crippen LogP) is 5.78. The highest BCUT2D eigenvalue weighted by atomic mass is 32.2. The number of nitrogens with zero attached hydrogens (tertiary/aromatic N) is 3. The van der Waals surface area contributed by atoms with Gasteiger partial charge in [0.2, 0.25) is 0 Å². The summed E-state index contributed by atoms with van der Waals surface area (Å²) in [4.78, 5) is 21.9. The van der Waals surface area contributed by atoms with E-state index in [2.05, 4.69) is 27.0 Å². The van der Waals surface area contributed by atoms with Crippen molar-refractivity contribution in [3.63, 3.8) is 0 Å². The number of carbonyl (C=O) groups excluding carboxylic acids is 1. The second-order valence-corrected chi connectivity index (χ2v) is 12.6. The van der Waals surface area contributed by atoms with Crippen molar-refractivity contribution in [1.82, 2.24) is 15.2 Å². The third kappa shape index (κ3) is 16.2. The van der Waals surface area contributed by atoms with E-state index >= 15 is 0 Å². The van der Waals surface area contributed by atoms with Crippen LogP contribution in [0.5, 0.6) is 0 Å². The summed E-state index contributed by atoms with van der Waals surface area (Å²) in [5, 5.41) is 3.04. The van der Waals surface area contributed by atoms with Crippen LogP contribution in [-0.2, 0) is 14.3 Å². The van der Waals surface area contributed by atoms with E-state index in [9.17, 15) is 13.2 Å². The molecule has 1 aliphatic rings. The van der Waals surface area contributed by atoms with E-state index in [0.717, 1.165) is 76.9 Å². The topological polar surface area (TPSA) is 91.8 Å². The summed E-state index contributed by atoms with van der Waals surface area (Å²) < 4.78 is 26.5. The van der Waals surface area contributed by atoms with Gasteiger partial charge in [0.25, 0.3) is 16.0 Å². The molecule has 1 aromatic heterocycles. The Kier molecular flexibility index (Phi) is 17.4. The van der Waals surface area contributed by atoms with Crippen molar-refractivity contribution < 1.29 is 17.4 Å². The lowest BCUT2D eigenvalue weighted by Gasteiger charge is -2.35. The summed E-state index contributed by atoms with van der Waals surface area (Å²) in [5.41, 5.74) is 0.640. The van der Waals surface area contributed by atoms with Gasteiger partial charge < -0.3 is 10.2 Å². The molecule has 39 heavy (non-hydrogen) atoms. The van der Waals surface area contributed by atoms with Crippen molar-refractivity contribution in [2.75, 3.05) is 57.0 Å². The lowest BCUT2D eigenvalue weighted by Crippen LogP contribution is -2.46. The second-order valence-electron chi connectivity index (χ2n) is 11.0. The molecule has 0 bridgehead atoms. The van der Waals surface area contributed by atoms with Crippen molar-refractivity contribution in [3.8, 4) is 0 Å².